The molecule has 1 fully saturated rings. The van der Waals surface area contributed by atoms with Crippen LogP contribution < -0.4 is 0 Å². The number of rotatable bonds is 14. The van der Waals surface area contributed by atoms with E-state index in [2.05, 4.69) is 13.0 Å². The zero-order valence-electron chi connectivity index (χ0n) is 19.3. The van der Waals surface area contributed by atoms with Crippen molar-refractivity contribution in [2.45, 2.75) is 90.6 Å². The Hall–Kier alpha value is -1.94. The van der Waals surface area contributed by atoms with E-state index in [4.69, 9.17) is 5.11 Å². The van der Waals surface area contributed by atoms with Gasteiger partial charge in [-0.2, -0.15) is 0 Å². The van der Waals surface area contributed by atoms with E-state index < -0.39 is 12.1 Å². The van der Waals surface area contributed by atoms with Gasteiger partial charge in [0.25, 0.3) is 0 Å². The Bertz CT molecular complexity index is 709. The van der Waals surface area contributed by atoms with E-state index in [1.165, 1.54) is 0 Å². The van der Waals surface area contributed by atoms with Crippen LogP contribution in [0.5, 0.6) is 0 Å². The zero-order valence-corrected chi connectivity index (χ0v) is 19.3. The third-order valence-electron chi connectivity index (χ3n) is 6.67. The molecule has 0 bridgehead atoms. The summed E-state index contributed by atoms with van der Waals surface area (Å²) in [4.78, 5) is 23.5. The number of aliphatic carboxylic acids is 1. The van der Waals surface area contributed by atoms with Crippen LogP contribution in [0.3, 0.4) is 0 Å². The van der Waals surface area contributed by atoms with Gasteiger partial charge in [0, 0.05) is 12.3 Å². The number of hydrogen-bond acceptors (Lipinski definition) is 3. The highest BCUT2D eigenvalue weighted by atomic mass is 16.4. The molecule has 1 aliphatic carbocycles. The van der Waals surface area contributed by atoms with Gasteiger partial charge in [-0.1, -0.05) is 88.8 Å². The summed E-state index contributed by atoms with van der Waals surface area (Å²) in [6, 6.07) is 10.1. The molecule has 4 atom stereocenters. The van der Waals surface area contributed by atoms with E-state index >= 15 is 0 Å². The fraction of sp³-hybridized carbons (Fsp3) is 0.630. The van der Waals surface area contributed by atoms with Gasteiger partial charge in [0.15, 0.2) is 0 Å². The lowest BCUT2D eigenvalue weighted by molar-refractivity contribution is -0.141. The van der Waals surface area contributed by atoms with Gasteiger partial charge in [0.2, 0.25) is 0 Å². The quantitative estimate of drug-likeness (QED) is 0.342. The number of hydrogen-bond donors (Lipinski definition) is 2. The minimum absolute atomic E-state index is 0.0263. The maximum Gasteiger partial charge on any atom is 0.306 e. The fourth-order valence-corrected chi connectivity index (χ4v) is 4.63. The summed E-state index contributed by atoms with van der Waals surface area (Å²) in [7, 11) is 0. The first kappa shape index (κ1) is 25.3. The second-order valence-electron chi connectivity index (χ2n) is 9.15. The number of carboxylic acids is 1. The van der Waals surface area contributed by atoms with E-state index in [0.717, 1.165) is 68.9 Å². The molecular formula is C27H40O4. The van der Waals surface area contributed by atoms with Crippen molar-refractivity contribution in [2.75, 3.05) is 0 Å². The molecule has 172 valence electrons. The van der Waals surface area contributed by atoms with Crippen LogP contribution >= 0.6 is 0 Å². The van der Waals surface area contributed by atoms with Gasteiger partial charge in [-0.25, -0.2) is 0 Å². The lowest BCUT2D eigenvalue weighted by Gasteiger charge is -2.21. The summed E-state index contributed by atoms with van der Waals surface area (Å²) in [5, 5.41) is 19.9. The van der Waals surface area contributed by atoms with Crippen molar-refractivity contribution in [2.24, 2.45) is 17.8 Å². The molecule has 31 heavy (non-hydrogen) atoms. The molecule has 1 saturated carbocycles. The van der Waals surface area contributed by atoms with Crippen LogP contribution in [0.1, 0.15) is 90.0 Å². The van der Waals surface area contributed by atoms with Gasteiger partial charge in [-0.15, -0.1) is 0 Å². The van der Waals surface area contributed by atoms with Crippen molar-refractivity contribution in [1.29, 1.82) is 0 Å². The highest BCUT2D eigenvalue weighted by Crippen LogP contribution is 2.37. The fourth-order valence-electron chi connectivity index (χ4n) is 4.63. The zero-order chi connectivity index (χ0) is 22.6. The van der Waals surface area contributed by atoms with Gasteiger partial charge in [-0.3, -0.25) is 9.59 Å². The Kier molecular flexibility index (Phi) is 11.0. The molecule has 0 amide bonds. The average molecular weight is 429 g/mol. The Morgan fingerprint density at radius 1 is 1.10 bits per heavy atom. The standard InChI is InChI=1S/C27H40O4/c1-3-4-7-16-25(28)24(21-13-9-6-10-14-21)19-22-17-18-26(29)23(22)15-11-5-8-12-20(2)27(30)31/h6,9-10,13-14,19-20,22-23,25,28H,3-5,7-8,11-12,15-18H2,1-2H3,(H,30,31)/b24-19+/t20?,22-,23-,25?/m1/s1. The summed E-state index contributed by atoms with van der Waals surface area (Å²) in [5.74, 6) is -0.485. The van der Waals surface area contributed by atoms with Crippen LogP contribution in [0.25, 0.3) is 5.57 Å². The maximum absolute atomic E-state index is 12.6. The molecule has 0 saturated heterocycles. The summed E-state index contributed by atoms with van der Waals surface area (Å²) < 4.78 is 0. The van der Waals surface area contributed by atoms with E-state index in [9.17, 15) is 14.7 Å². The molecule has 2 rings (SSSR count). The van der Waals surface area contributed by atoms with Crippen molar-refractivity contribution in [3.8, 4) is 0 Å². The Morgan fingerprint density at radius 2 is 1.81 bits per heavy atom. The highest BCUT2D eigenvalue weighted by Gasteiger charge is 2.33. The topological polar surface area (TPSA) is 74.6 Å². The monoisotopic (exact) mass is 428 g/mol. The second kappa shape index (κ2) is 13.5. The van der Waals surface area contributed by atoms with Crippen LogP contribution in [-0.4, -0.2) is 28.1 Å². The average Bonchev–Trinajstić information content (AvgIpc) is 3.11. The maximum atomic E-state index is 12.6. The largest absolute Gasteiger partial charge is 0.481 e. The number of allylic oxidation sites excluding steroid dienone is 1. The van der Waals surface area contributed by atoms with Crippen LogP contribution in [0.2, 0.25) is 0 Å². The predicted molar refractivity (Wildman–Crippen MR) is 126 cm³/mol. The van der Waals surface area contributed by atoms with Crippen molar-refractivity contribution in [3.05, 3.63) is 42.0 Å². The summed E-state index contributed by atoms with van der Waals surface area (Å²) >= 11 is 0. The smallest absolute Gasteiger partial charge is 0.306 e. The molecule has 0 spiro atoms. The number of aliphatic hydroxyl groups excluding tert-OH is 1. The molecule has 4 heteroatoms. The molecule has 1 aliphatic rings. The number of benzene rings is 1. The first-order valence-corrected chi connectivity index (χ1v) is 12.1. The first-order chi connectivity index (χ1) is 14.9. The molecule has 0 heterocycles. The first-order valence-electron chi connectivity index (χ1n) is 12.1. The van der Waals surface area contributed by atoms with Gasteiger partial charge in [-0.05, 0) is 42.7 Å². The number of Topliss-reactive ketones (excluding diaryl/α,β-unsaturated/α-hetero) is 1. The molecule has 2 N–H and O–H groups in total. The van der Waals surface area contributed by atoms with Gasteiger partial charge in [0.1, 0.15) is 5.78 Å². The van der Waals surface area contributed by atoms with Crippen LogP contribution in [0.15, 0.2) is 36.4 Å². The van der Waals surface area contributed by atoms with E-state index in [1.807, 2.05) is 30.3 Å². The Balaban J connectivity index is 2.02. The van der Waals surface area contributed by atoms with Crippen molar-refractivity contribution < 1.29 is 19.8 Å². The third-order valence-corrected chi connectivity index (χ3v) is 6.67. The van der Waals surface area contributed by atoms with Crippen LogP contribution in [-0.2, 0) is 9.59 Å². The molecular weight excluding hydrogens is 388 g/mol. The molecule has 2 unspecified atom stereocenters. The van der Waals surface area contributed by atoms with Crippen LogP contribution in [0.4, 0.5) is 0 Å². The van der Waals surface area contributed by atoms with Crippen molar-refractivity contribution >= 4 is 17.3 Å². The molecule has 0 aromatic heterocycles. The van der Waals surface area contributed by atoms with Crippen LogP contribution in [0, 0.1) is 17.8 Å². The summed E-state index contributed by atoms with van der Waals surface area (Å²) in [5.41, 5.74) is 2.02. The molecule has 4 nitrogen and oxygen atoms in total. The van der Waals surface area contributed by atoms with Crippen molar-refractivity contribution in [1.82, 2.24) is 0 Å². The predicted octanol–water partition coefficient (Wildman–Crippen LogP) is 6.28. The van der Waals surface area contributed by atoms with E-state index in [0.29, 0.717) is 18.6 Å². The molecule has 0 radical (unpaired) electrons. The summed E-state index contributed by atoms with van der Waals surface area (Å²) in [6.45, 7) is 3.91. The van der Waals surface area contributed by atoms with Gasteiger partial charge < -0.3 is 10.2 Å². The molecule has 1 aromatic carbocycles. The van der Waals surface area contributed by atoms with E-state index in [1.54, 1.807) is 6.92 Å². The third kappa shape index (κ3) is 8.25. The van der Waals surface area contributed by atoms with E-state index in [-0.39, 0.29) is 17.8 Å². The normalized spacial score (nSPS) is 21.3. The second-order valence-corrected chi connectivity index (χ2v) is 9.15. The number of ketones is 1. The Morgan fingerprint density at radius 3 is 2.48 bits per heavy atom. The number of carboxylic acid groups (broad SMARTS) is 1. The molecule has 1 aromatic rings. The lowest BCUT2D eigenvalue weighted by Crippen LogP contribution is -2.16. The SMILES string of the molecule is CCCCCC(O)/C(=C/[C@H]1CCC(=O)[C@@H]1CCCCCC(C)C(=O)O)c1ccccc1. The number of carbonyl (C=O) groups excluding carboxylic acids is 1. The van der Waals surface area contributed by atoms with Crippen molar-refractivity contribution in [3.63, 3.8) is 0 Å². The van der Waals surface area contributed by atoms with Gasteiger partial charge >= 0.3 is 5.97 Å². The number of unbranched alkanes of at least 4 members (excludes halogenated alkanes) is 4. The minimum atomic E-state index is -0.734. The molecule has 0 aliphatic heterocycles. The lowest BCUT2D eigenvalue weighted by atomic mass is 9.85. The Labute approximate surface area is 187 Å². The van der Waals surface area contributed by atoms with Gasteiger partial charge in [0.05, 0.1) is 12.0 Å². The minimum Gasteiger partial charge on any atom is -0.481 e. The number of aliphatic hydroxyl groups is 1. The summed E-state index contributed by atoms with van der Waals surface area (Å²) in [6.07, 6.45) is 11.5. The number of carbonyl (C=O) groups is 2. The highest BCUT2D eigenvalue weighted by molar-refractivity contribution is 5.84.